The fourth-order valence-corrected chi connectivity index (χ4v) is 3.82. The molecule has 1 aromatic rings. The fourth-order valence-electron chi connectivity index (χ4n) is 3.72. The van der Waals surface area contributed by atoms with Crippen LogP contribution < -0.4 is 4.74 Å². The number of rotatable bonds is 9. The Morgan fingerprint density at radius 2 is 1.74 bits per heavy atom. The second-order valence-corrected chi connectivity index (χ2v) is 6.82. The third kappa shape index (κ3) is 6.45. The van der Waals surface area contributed by atoms with Gasteiger partial charge in [0, 0.05) is 0 Å². The Kier molecular flexibility index (Phi) is 8.35. The largest absolute Gasteiger partial charge is 0.494 e. The summed E-state index contributed by atoms with van der Waals surface area (Å²) in [4.78, 5) is 3.95. The molecule has 1 saturated carbocycles. The first-order valence-electron chi connectivity index (χ1n) is 9.14. The van der Waals surface area contributed by atoms with E-state index in [0.29, 0.717) is 0 Å². The topological polar surface area (TPSA) is 21.6 Å². The molecule has 2 atom stereocenters. The van der Waals surface area contributed by atoms with Crippen molar-refractivity contribution in [3.05, 3.63) is 24.3 Å². The van der Waals surface area contributed by atoms with Gasteiger partial charge in [0.05, 0.1) is 17.5 Å². The first-order chi connectivity index (χ1) is 11.3. The van der Waals surface area contributed by atoms with Crippen molar-refractivity contribution in [2.75, 3.05) is 6.61 Å². The molecule has 1 aliphatic rings. The summed E-state index contributed by atoms with van der Waals surface area (Å²) in [6, 6.07) is 7.74. The Bertz CT molecular complexity index is 493. The molecule has 0 saturated heterocycles. The van der Waals surface area contributed by atoms with E-state index < -0.39 is 0 Å². The summed E-state index contributed by atoms with van der Waals surface area (Å²) in [6.07, 6.45) is 12.4. The third-order valence-electron chi connectivity index (χ3n) is 4.99. The van der Waals surface area contributed by atoms with E-state index in [1.165, 1.54) is 51.4 Å². The van der Waals surface area contributed by atoms with Crippen LogP contribution in [-0.2, 0) is 0 Å². The van der Waals surface area contributed by atoms with Crippen LogP contribution in [0, 0.1) is 11.8 Å². The van der Waals surface area contributed by atoms with Gasteiger partial charge in [-0.25, -0.2) is 0 Å². The van der Waals surface area contributed by atoms with E-state index in [-0.39, 0.29) is 0 Å². The van der Waals surface area contributed by atoms with Gasteiger partial charge in [0.15, 0.2) is 0 Å². The van der Waals surface area contributed by atoms with E-state index in [1.54, 1.807) is 0 Å². The van der Waals surface area contributed by atoms with Gasteiger partial charge in [-0.05, 0) is 61.2 Å². The molecule has 0 spiro atoms. The molecule has 0 heterocycles. The number of ether oxygens (including phenoxy) is 1. The minimum absolute atomic E-state index is 0.812. The van der Waals surface area contributed by atoms with Crippen molar-refractivity contribution in [2.45, 2.75) is 64.7 Å². The van der Waals surface area contributed by atoms with Crippen LogP contribution in [0.2, 0.25) is 0 Å². The maximum absolute atomic E-state index is 5.86. The van der Waals surface area contributed by atoms with Gasteiger partial charge in [-0.1, -0.05) is 51.9 Å². The quantitative estimate of drug-likeness (QED) is 0.290. The molecular weight excluding hydrogens is 302 g/mol. The number of isothiocyanates is 1. The zero-order valence-electron chi connectivity index (χ0n) is 14.3. The average Bonchev–Trinajstić information content (AvgIpc) is 2.59. The van der Waals surface area contributed by atoms with Crippen LogP contribution in [0.3, 0.4) is 0 Å². The van der Waals surface area contributed by atoms with Gasteiger partial charge in [-0.2, -0.15) is 4.99 Å². The van der Waals surface area contributed by atoms with Crippen molar-refractivity contribution in [2.24, 2.45) is 16.8 Å². The highest BCUT2D eigenvalue weighted by molar-refractivity contribution is 7.78. The molecule has 2 unspecified atom stereocenters. The zero-order valence-corrected chi connectivity index (χ0v) is 15.1. The molecule has 126 valence electrons. The highest BCUT2D eigenvalue weighted by Gasteiger charge is 2.23. The van der Waals surface area contributed by atoms with Crippen molar-refractivity contribution >= 4 is 23.1 Å². The van der Waals surface area contributed by atoms with Crippen LogP contribution in [0.5, 0.6) is 5.75 Å². The zero-order chi connectivity index (χ0) is 16.3. The van der Waals surface area contributed by atoms with Crippen molar-refractivity contribution < 1.29 is 4.74 Å². The molecule has 0 aromatic heterocycles. The average molecular weight is 332 g/mol. The first-order valence-corrected chi connectivity index (χ1v) is 9.55. The molecule has 0 bridgehead atoms. The summed E-state index contributed by atoms with van der Waals surface area (Å²) in [6.45, 7) is 3.11. The monoisotopic (exact) mass is 331 g/mol. The number of benzene rings is 1. The highest BCUT2D eigenvalue weighted by Crippen LogP contribution is 2.36. The van der Waals surface area contributed by atoms with E-state index >= 15 is 0 Å². The Morgan fingerprint density at radius 3 is 2.35 bits per heavy atom. The summed E-state index contributed by atoms with van der Waals surface area (Å²) in [5.41, 5.74) is 0.827. The second-order valence-electron chi connectivity index (χ2n) is 6.63. The van der Waals surface area contributed by atoms with Crippen LogP contribution in [0.25, 0.3) is 0 Å². The standard InChI is InChI=1S/C20H29NOS/c1-2-3-7-17-8-4-5-9-18(17)10-6-15-22-20-13-11-19(12-14-20)21-16-23/h11-14,17-18H,2-10,15H2,1H3. The van der Waals surface area contributed by atoms with Crippen LogP contribution in [0.15, 0.2) is 29.3 Å². The smallest absolute Gasteiger partial charge is 0.119 e. The lowest BCUT2D eigenvalue weighted by Gasteiger charge is -2.31. The Labute approximate surface area is 146 Å². The van der Waals surface area contributed by atoms with Gasteiger partial charge in [0.1, 0.15) is 5.75 Å². The van der Waals surface area contributed by atoms with Gasteiger partial charge in [-0.3, -0.25) is 0 Å². The molecule has 23 heavy (non-hydrogen) atoms. The molecular formula is C20H29NOS. The number of unbranched alkanes of at least 4 members (excludes halogenated alkanes) is 1. The van der Waals surface area contributed by atoms with Gasteiger partial charge >= 0.3 is 0 Å². The van der Waals surface area contributed by atoms with Gasteiger partial charge in [0.25, 0.3) is 0 Å². The fraction of sp³-hybridized carbons (Fsp3) is 0.650. The minimum atomic E-state index is 0.812. The lowest BCUT2D eigenvalue weighted by molar-refractivity contribution is 0.191. The lowest BCUT2D eigenvalue weighted by Crippen LogP contribution is -2.20. The van der Waals surface area contributed by atoms with Crippen molar-refractivity contribution in [3.8, 4) is 5.75 Å². The summed E-state index contributed by atoms with van der Waals surface area (Å²) >= 11 is 4.60. The Morgan fingerprint density at radius 1 is 1.09 bits per heavy atom. The Hall–Kier alpha value is -1.18. The third-order valence-corrected chi connectivity index (χ3v) is 5.09. The number of hydrogen-bond donors (Lipinski definition) is 0. The van der Waals surface area contributed by atoms with E-state index in [1.807, 2.05) is 24.3 Å². The van der Waals surface area contributed by atoms with Gasteiger partial charge in [-0.15, -0.1) is 0 Å². The van der Waals surface area contributed by atoms with Crippen LogP contribution in [0.1, 0.15) is 64.7 Å². The van der Waals surface area contributed by atoms with Gasteiger partial charge < -0.3 is 4.74 Å². The maximum atomic E-state index is 5.86. The summed E-state index contributed by atoms with van der Waals surface area (Å²) < 4.78 is 5.86. The molecule has 1 aliphatic carbocycles. The van der Waals surface area contributed by atoms with Crippen molar-refractivity contribution in [1.29, 1.82) is 0 Å². The van der Waals surface area contributed by atoms with Crippen molar-refractivity contribution in [3.63, 3.8) is 0 Å². The molecule has 0 amide bonds. The molecule has 2 nitrogen and oxygen atoms in total. The highest BCUT2D eigenvalue weighted by atomic mass is 32.1. The van der Waals surface area contributed by atoms with Crippen LogP contribution in [-0.4, -0.2) is 11.8 Å². The predicted octanol–water partition coefficient (Wildman–Crippen LogP) is 6.58. The summed E-state index contributed by atoms with van der Waals surface area (Å²) in [5.74, 6) is 2.81. The maximum Gasteiger partial charge on any atom is 0.119 e. The summed E-state index contributed by atoms with van der Waals surface area (Å²) in [5, 5.41) is 2.38. The Balaban J connectivity index is 1.69. The SMILES string of the molecule is CCCCC1CCCCC1CCCOc1ccc(N=C=S)cc1. The molecule has 1 aromatic carbocycles. The van der Waals surface area contributed by atoms with Crippen LogP contribution in [0.4, 0.5) is 5.69 Å². The minimum Gasteiger partial charge on any atom is -0.494 e. The lowest BCUT2D eigenvalue weighted by atomic mass is 9.75. The number of thiocarbonyl (C=S) groups is 1. The second kappa shape index (κ2) is 10.6. The molecule has 1 fully saturated rings. The van der Waals surface area contributed by atoms with E-state index in [9.17, 15) is 0 Å². The van der Waals surface area contributed by atoms with Gasteiger partial charge in [0.2, 0.25) is 0 Å². The normalized spacial score (nSPS) is 20.7. The molecule has 0 radical (unpaired) electrons. The molecule has 0 N–H and O–H groups in total. The summed E-state index contributed by atoms with van der Waals surface area (Å²) in [7, 11) is 0. The van der Waals surface area contributed by atoms with Crippen LogP contribution >= 0.6 is 12.2 Å². The molecule has 2 rings (SSSR count). The number of nitrogens with zero attached hydrogens (tertiary/aromatic N) is 1. The number of aliphatic imine (C=N–C) groups is 1. The van der Waals surface area contributed by atoms with E-state index in [4.69, 9.17) is 4.74 Å². The van der Waals surface area contributed by atoms with E-state index in [0.717, 1.165) is 36.3 Å². The number of hydrogen-bond acceptors (Lipinski definition) is 3. The molecule has 3 heteroatoms. The predicted molar refractivity (Wildman–Crippen MR) is 101 cm³/mol. The molecule has 0 aliphatic heterocycles. The van der Waals surface area contributed by atoms with Crippen molar-refractivity contribution in [1.82, 2.24) is 0 Å². The first kappa shape index (κ1) is 18.2. The van der Waals surface area contributed by atoms with E-state index in [2.05, 4.69) is 29.3 Å².